The highest BCUT2D eigenvalue weighted by Gasteiger charge is 2.17. The van der Waals surface area contributed by atoms with E-state index in [-0.39, 0.29) is 5.78 Å². The summed E-state index contributed by atoms with van der Waals surface area (Å²) in [5.41, 5.74) is 2.50. The van der Waals surface area contributed by atoms with Crippen molar-refractivity contribution in [1.29, 1.82) is 0 Å². The molecule has 0 bridgehead atoms. The van der Waals surface area contributed by atoms with Crippen LogP contribution < -0.4 is 0 Å². The number of ketones is 1. The molecular weight excluding hydrogens is 252 g/mol. The molecule has 4 heteroatoms. The third kappa shape index (κ3) is 2.03. The second-order valence-corrected chi connectivity index (χ2v) is 5.01. The van der Waals surface area contributed by atoms with Crippen LogP contribution in [0.1, 0.15) is 27.6 Å². The van der Waals surface area contributed by atoms with Crippen molar-refractivity contribution in [2.45, 2.75) is 20.3 Å². The molecule has 0 fully saturated rings. The van der Waals surface area contributed by atoms with Crippen LogP contribution in [0.2, 0.25) is 0 Å². The lowest BCUT2D eigenvalue weighted by Gasteiger charge is -1.97. The van der Waals surface area contributed by atoms with Crippen molar-refractivity contribution < 1.29 is 9.21 Å². The molecule has 0 atom stereocenters. The lowest BCUT2D eigenvalue weighted by Crippen LogP contribution is -2.05. The van der Waals surface area contributed by atoms with Crippen molar-refractivity contribution in [3.63, 3.8) is 0 Å². The van der Waals surface area contributed by atoms with Crippen LogP contribution in [0.3, 0.4) is 0 Å². The summed E-state index contributed by atoms with van der Waals surface area (Å²) < 4.78 is 7.23. The topological polar surface area (TPSA) is 48.0 Å². The second kappa shape index (κ2) is 4.63. The van der Waals surface area contributed by atoms with Gasteiger partial charge >= 0.3 is 0 Å². The number of fused-ring (bicyclic) bond motifs is 1. The number of nitrogens with zero attached hydrogens (tertiary/aromatic N) is 2. The van der Waals surface area contributed by atoms with Gasteiger partial charge in [-0.1, -0.05) is 18.2 Å². The Balaban J connectivity index is 1.97. The molecule has 4 nitrogen and oxygen atoms in total. The van der Waals surface area contributed by atoms with E-state index >= 15 is 0 Å². The molecule has 2 aromatic heterocycles. The van der Waals surface area contributed by atoms with Gasteiger partial charge < -0.3 is 4.42 Å². The number of carbonyl (C=O) groups excluding carboxylic acids is 1. The maximum atomic E-state index is 12.4. The number of aromatic nitrogens is 2. The highest BCUT2D eigenvalue weighted by Crippen LogP contribution is 2.21. The highest BCUT2D eigenvalue weighted by atomic mass is 16.3. The Bertz CT molecular complexity index is 796. The minimum Gasteiger partial charge on any atom is -0.466 e. The van der Waals surface area contributed by atoms with E-state index in [9.17, 15) is 4.79 Å². The zero-order valence-electron chi connectivity index (χ0n) is 11.8. The third-order valence-corrected chi connectivity index (χ3v) is 3.50. The monoisotopic (exact) mass is 268 g/mol. The number of hydrogen-bond donors (Lipinski definition) is 0. The van der Waals surface area contributed by atoms with Crippen LogP contribution in [0.25, 0.3) is 10.9 Å². The van der Waals surface area contributed by atoms with Crippen LogP contribution >= 0.6 is 0 Å². The number of rotatable bonds is 3. The lowest BCUT2D eigenvalue weighted by molar-refractivity contribution is 0.0990. The number of carbonyl (C=O) groups is 1. The molecule has 0 aliphatic carbocycles. The first-order valence-corrected chi connectivity index (χ1v) is 6.57. The second-order valence-electron chi connectivity index (χ2n) is 5.01. The van der Waals surface area contributed by atoms with Crippen molar-refractivity contribution in [2.75, 3.05) is 0 Å². The molecule has 0 aliphatic heterocycles. The summed E-state index contributed by atoms with van der Waals surface area (Å²) in [6.07, 6.45) is 0.293. The van der Waals surface area contributed by atoms with Gasteiger partial charge in [-0.05, 0) is 26.0 Å². The zero-order valence-corrected chi connectivity index (χ0v) is 11.8. The first-order chi connectivity index (χ1) is 9.56. The average molecular weight is 268 g/mol. The van der Waals surface area contributed by atoms with E-state index in [4.69, 9.17) is 4.42 Å². The molecule has 0 spiro atoms. The molecule has 0 aliphatic rings. The SMILES string of the molecule is Cc1cc(C(=O)Cc2nn(C)c3ccccc23)c(C)o1. The van der Waals surface area contributed by atoms with Gasteiger partial charge in [0.2, 0.25) is 0 Å². The molecule has 102 valence electrons. The van der Waals surface area contributed by atoms with E-state index in [1.54, 1.807) is 6.07 Å². The number of furan rings is 1. The van der Waals surface area contributed by atoms with E-state index in [0.29, 0.717) is 17.7 Å². The number of hydrogen-bond acceptors (Lipinski definition) is 3. The zero-order chi connectivity index (χ0) is 14.3. The molecular formula is C16H16N2O2. The normalized spacial score (nSPS) is 11.2. The minimum atomic E-state index is 0.0446. The predicted octanol–water partition coefficient (Wildman–Crippen LogP) is 3.21. The molecule has 0 N–H and O–H groups in total. The van der Waals surface area contributed by atoms with Crippen LogP contribution in [0.4, 0.5) is 0 Å². The van der Waals surface area contributed by atoms with Gasteiger partial charge in [-0.2, -0.15) is 5.10 Å². The first-order valence-electron chi connectivity index (χ1n) is 6.57. The first kappa shape index (κ1) is 12.7. The van der Waals surface area contributed by atoms with Crippen LogP contribution in [-0.4, -0.2) is 15.6 Å². The van der Waals surface area contributed by atoms with Gasteiger partial charge in [-0.3, -0.25) is 9.48 Å². The standard InChI is InChI=1S/C16H16N2O2/c1-10-8-13(11(2)20-10)16(19)9-14-12-6-4-5-7-15(12)18(3)17-14/h4-8H,9H2,1-3H3. The molecule has 2 heterocycles. The molecule has 0 unspecified atom stereocenters. The fraction of sp³-hybridized carbons (Fsp3) is 0.250. The Hall–Kier alpha value is -2.36. The number of para-hydroxylation sites is 1. The summed E-state index contributed by atoms with van der Waals surface area (Å²) in [5.74, 6) is 1.48. The molecule has 0 radical (unpaired) electrons. The van der Waals surface area contributed by atoms with E-state index in [2.05, 4.69) is 5.10 Å². The molecule has 1 aromatic carbocycles. The van der Waals surface area contributed by atoms with Crippen molar-refractivity contribution >= 4 is 16.7 Å². The fourth-order valence-corrected chi connectivity index (χ4v) is 2.57. The van der Waals surface area contributed by atoms with Crippen LogP contribution in [0, 0.1) is 13.8 Å². The summed E-state index contributed by atoms with van der Waals surface area (Å²) in [6.45, 7) is 3.66. The van der Waals surface area contributed by atoms with Crippen molar-refractivity contribution in [3.05, 3.63) is 53.1 Å². The van der Waals surface area contributed by atoms with Gasteiger partial charge in [0.1, 0.15) is 11.5 Å². The van der Waals surface area contributed by atoms with Gasteiger partial charge in [0.05, 0.1) is 23.2 Å². The Morgan fingerprint density at radius 3 is 2.75 bits per heavy atom. The summed E-state index contributed by atoms with van der Waals surface area (Å²) in [6, 6.07) is 9.73. The predicted molar refractivity (Wildman–Crippen MR) is 76.9 cm³/mol. The van der Waals surface area contributed by atoms with E-state index < -0.39 is 0 Å². The maximum absolute atomic E-state index is 12.4. The van der Waals surface area contributed by atoms with Gasteiger partial charge in [0, 0.05) is 12.4 Å². The molecule has 0 amide bonds. The Kier molecular flexibility index (Phi) is 2.93. The quantitative estimate of drug-likeness (QED) is 0.685. The van der Waals surface area contributed by atoms with Gasteiger partial charge in [0.25, 0.3) is 0 Å². The van der Waals surface area contributed by atoms with Crippen LogP contribution in [-0.2, 0) is 13.5 Å². The summed E-state index contributed by atoms with van der Waals surface area (Å²) >= 11 is 0. The van der Waals surface area contributed by atoms with Crippen LogP contribution in [0.15, 0.2) is 34.7 Å². The number of benzene rings is 1. The van der Waals surface area contributed by atoms with Gasteiger partial charge in [-0.15, -0.1) is 0 Å². The fourth-order valence-electron chi connectivity index (χ4n) is 2.57. The third-order valence-electron chi connectivity index (χ3n) is 3.50. The number of aryl methyl sites for hydroxylation is 3. The maximum Gasteiger partial charge on any atom is 0.172 e. The summed E-state index contributed by atoms with van der Waals surface area (Å²) in [4.78, 5) is 12.4. The van der Waals surface area contributed by atoms with E-state index in [1.165, 1.54) is 0 Å². The highest BCUT2D eigenvalue weighted by molar-refractivity contribution is 6.00. The van der Waals surface area contributed by atoms with E-state index in [1.807, 2.05) is 49.8 Å². The molecule has 0 saturated carbocycles. The Morgan fingerprint density at radius 2 is 2.05 bits per heavy atom. The summed E-state index contributed by atoms with van der Waals surface area (Å²) in [5, 5.41) is 5.49. The Morgan fingerprint density at radius 1 is 1.30 bits per heavy atom. The smallest absolute Gasteiger partial charge is 0.172 e. The van der Waals surface area contributed by atoms with Gasteiger partial charge in [-0.25, -0.2) is 0 Å². The minimum absolute atomic E-state index is 0.0446. The number of Topliss-reactive ketones (excluding diaryl/α,β-unsaturated/α-hetero) is 1. The molecule has 3 aromatic rings. The summed E-state index contributed by atoms with van der Waals surface area (Å²) in [7, 11) is 1.89. The van der Waals surface area contributed by atoms with Crippen molar-refractivity contribution in [2.24, 2.45) is 7.05 Å². The van der Waals surface area contributed by atoms with Gasteiger partial charge in [0.15, 0.2) is 5.78 Å². The van der Waals surface area contributed by atoms with Crippen molar-refractivity contribution in [3.8, 4) is 0 Å². The van der Waals surface area contributed by atoms with Crippen molar-refractivity contribution in [1.82, 2.24) is 9.78 Å². The van der Waals surface area contributed by atoms with E-state index in [0.717, 1.165) is 22.4 Å². The molecule has 3 rings (SSSR count). The Labute approximate surface area is 117 Å². The van der Waals surface area contributed by atoms with Crippen LogP contribution in [0.5, 0.6) is 0 Å². The molecule has 20 heavy (non-hydrogen) atoms. The molecule has 0 saturated heterocycles. The largest absolute Gasteiger partial charge is 0.466 e. The lowest BCUT2D eigenvalue weighted by atomic mass is 10.1. The average Bonchev–Trinajstić information content (AvgIpc) is 2.91.